The predicted molar refractivity (Wildman–Crippen MR) is 57.3 cm³/mol. The van der Waals surface area contributed by atoms with Gasteiger partial charge in [-0.25, -0.2) is 0 Å². The Labute approximate surface area is 84.7 Å². The van der Waals surface area contributed by atoms with E-state index >= 15 is 0 Å². The van der Waals surface area contributed by atoms with Crippen LogP contribution in [0.4, 0.5) is 5.69 Å². The molecule has 0 radical (unpaired) electrons. The number of hydrogen-bond acceptors (Lipinski definition) is 3. The Hall–Kier alpha value is -1.03. The highest BCUT2D eigenvalue weighted by molar-refractivity contribution is 5.38. The highest BCUT2D eigenvalue weighted by atomic mass is 15.2. The van der Waals surface area contributed by atoms with Gasteiger partial charge in [-0.2, -0.15) is 5.10 Å². The second-order valence-corrected chi connectivity index (χ2v) is 4.18. The van der Waals surface area contributed by atoms with Gasteiger partial charge >= 0.3 is 0 Å². The minimum Gasteiger partial charge on any atom is -0.380 e. The Bertz CT molecular complexity index is 270. The quantitative estimate of drug-likeness (QED) is 0.746. The molecule has 1 aromatic heterocycles. The zero-order valence-corrected chi connectivity index (χ0v) is 8.83. The Morgan fingerprint density at radius 3 is 3.14 bits per heavy atom. The summed E-state index contributed by atoms with van der Waals surface area (Å²) in [4.78, 5) is 2.41. The van der Waals surface area contributed by atoms with Crippen LogP contribution < -0.4 is 5.32 Å². The third kappa shape index (κ3) is 2.07. The summed E-state index contributed by atoms with van der Waals surface area (Å²) in [5.41, 5.74) is 1.10. The molecule has 0 bridgehead atoms. The third-order valence-electron chi connectivity index (χ3n) is 3.08. The number of aromatic amines is 1. The van der Waals surface area contributed by atoms with E-state index in [9.17, 15) is 0 Å². The molecule has 78 valence electrons. The molecular formula is C10H18N4. The molecule has 2 atom stereocenters. The van der Waals surface area contributed by atoms with Gasteiger partial charge in [0.05, 0.1) is 11.9 Å². The van der Waals surface area contributed by atoms with Crippen LogP contribution in [0, 0.1) is 0 Å². The number of hydrogen-bond donors (Lipinski definition) is 2. The molecule has 0 saturated carbocycles. The van der Waals surface area contributed by atoms with Gasteiger partial charge in [0, 0.05) is 24.8 Å². The van der Waals surface area contributed by atoms with E-state index in [1.165, 1.54) is 19.4 Å². The van der Waals surface area contributed by atoms with Crippen molar-refractivity contribution in [3.8, 4) is 0 Å². The number of nitrogens with zero attached hydrogens (tertiary/aromatic N) is 2. The molecule has 1 aromatic rings. The molecular weight excluding hydrogens is 176 g/mol. The maximum Gasteiger partial charge on any atom is 0.0725 e. The predicted octanol–water partition coefficient (Wildman–Crippen LogP) is 1.30. The number of likely N-dealkylation sites (tertiary alicyclic amines) is 1. The average molecular weight is 194 g/mol. The van der Waals surface area contributed by atoms with Crippen molar-refractivity contribution < 1.29 is 0 Å². The fourth-order valence-electron chi connectivity index (χ4n) is 1.99. The number of H-pyrrole nitrogens is 1. The highest BCUT2D eigenvalue weighted by Gasteiger charge is 2.22. The van der Waals surface area contributed by atoms with Crippen molar-refractivity contribution >= 4 is 5.69 Å². The minimum atomic E-state index is 0.596. The summed E-state index contributed by atoms with van der Waals surface area (Å²) in [6, 6.07) is 1.27. The molecule has 1 aliphatic rings. The first-order valence-electron chi connectivity index (χ1n) is 5.21. The van der Waals surface area contributed by atoms with Crippen molar-refractivity contribution in [1.29, 1.82) is 0 Å². The van der Waals surface area contributed by atoms with Crippen molar-refractivity contribution in [3.05, 3.63) is 12.4 Å². The molecule has 1 fully saturated rings. The van der Waals surface area contributed by atoms with Crippen molar-refractivity contribution in [1.82, 2.24) is 15.1 Å². The first-order valence-corrected chi connectivity index (χ1v) is 5.21. The second kappa shape index (κ2) is 4.00. The van der Waals surface area contributed by atoms with Crippen LogP contribution in [0.2, 0.25) is 0 Å². The lowest BCUT2D eigenvalue weighted by Crippen LogP contribution is -2.42. The van der Waals surface area contributed by atoms with Crippen LogP contribution in [0.5, 0.6) is 0 Å². The van der Waals surface area contributed by atoms with Crippen LogP contribution >= 0.6 is 0 Å². The SMILES string of the molecule is CC1CC(Nc2cn[nH]c2)CCN1C. The third-order valence-corrected chi connectivity index (χ3v) is 3.08. The largest absolute Gasteiger partial charge is 0.380 e. The van der Waals surface area contributed by atoms with E-state index in [0.717, 1.165) is 5.69 Å². The summed E-state index contributed by atoms with van der Waals surface area (Å²) in [5.74, 6) is 0. The lowest BCUT2D eigenvalue weighted by molar-refractivity contribution is 0.190. The van der Waals surface area contributed by atoms with Crippen LogP contribution in [0.25, 0.3) is 0 Å². The maximum absolute atomic E-state index is 3.92. The number of anilines is 1. The van der Waals surface area contributed by atoms with Gasteiger partial charge in [0.15, 0.2) is 0 Å². The van der Waals surface area contributed by atoms with E-state index in [1.807, 2.05) is 12.4 Å². The summed E-state index contributed by atoms with van der Waals surface area (Å²) >= 11 is 0. The summed E-state index contributed by atoms with van der Waals surface area (Å²) in [5, 5.41) is 10.2. The monoisotopic (exact) mass is 194 g/mol. The van der Waals surface area contributed by atoms with Crippen molar-refractivity contribution in [3.63, 3.8) is 0 Å². The summed E-state index contributed by atoms with van der Waals surface area (Å²) in [6.07, 6.45) is 6.17. The van der Waals surface area contributed by atoms with Gasteiger partial charge in [0.2, 0.25) is 0 Å². The first-order chi connectivity index (χ1) is 6.75. The molecule has 14 heavy (non-hydrogen) atoms. The fraction of sp³-hybridized carbons (Fsp3) is 0.700. The Morgan fingerprint density at radius 2 is 2.50 bits per heavy atom. The second-order valence-electron chi connectivity index (χ2n) is 4.18. The molecule has 0 amide bonds. The standard InChI is InChI=1S/C10H18N4/c1-8-5-9(3-4-14(8)2)13-10-6-11-12-7-10/h6-9,13H,3-5H2,1-2H3,(H,11,12). The van der Waals surface area contributed by atoms with Gasteiger partial charge in [-0.05, 0) is 26.8 Å². The number of aromatic nitrogens is 2. The molecule has 4 nitrogen and oxygen atoms in total. The number of rotatable bonds is 2. The highest BCUT2D eigenvalue weighted by Crippen LogP contribution is 2.18. The molecule has 2 rings (SSSR count). The van der Waals surface area contributed by atoms with Crippen LogP contribution in [0.15, 0.2) is 12.4 Å². The number of piperidine rings is 1. The lowest BCUT2D eigenvalue weighted by Gasteiger charge is -2.35. The van der Waals surface area contributed by atoms with E-state index in [1.54, 1.807) is 0 Å². The Morgan fingerprint density at radius 1 is 1.64 bits per heavy atom. The molecule has 2 N–H and O–H groups in total. The molecule has 0 aromatic carbocycles. The maximum atomic E-state index is 3.92. The normalized spacial score (nSPS) is 29.0. The summed E-state index contributed by atoms with van der Waals surface area (Å²) < 4.78 is 0. The van der Waals surface area contributed by atoms with Crippen molar-refractivity contribution in [2.75, 3.05) is 18.9 Å². The van der Waals surface area contributed by atoms with Crippen LogP contribution in [0.1, 0.15) is 19.8 Å². The number of nitrogens with one attached hydrogen (secondary N) is 2. The molecule has 0 aliphatic carbocycles. The van der Waals surface area contributed by atoms with Gasteiger partial charge in [0.25, 0.3) is 0 Å². The molecule has 2 unspecified atom stereocenters. The van der Waals surface area contributed by atoms with Gasteiger partial charge < -0.3 is 10.2 Å². The topological polar surface area (TPSA) is 44.0 Å². The smallest absolute Gasteiger partial charge is 0.0725 e. The molecule has 1 saturated heterocycles. The van der Waals surface area contributed by atoms with Gasteiger partial charge in [-0.3, -0.25) is 5.10 Å². The van der Waals surface area contributed by atoms with E-state index in [2.05, 4.69) is 34.4 Å². The van der Waals surface area contributed by atoms with Crippen molar-refractivity contribution in [2.24, 2.45) is 0 Å². The van der Waals surface area contributed by atoms with Crippen LogP contribution in [-0.2, 0) is 0 Å². The molecule has 2 heterocycles. The van der Waals surface area contributed by atoms with Gasteiger partial charge in [-0.15, -0.1) is 0 Å². The molecule has 0 spiro atoms. The summed E-state index contributed by atoms with van der Waals surface area (Å²) in [7, 11) is 2.19. The lowest BCUT2D eigenvalue weighted by atomic mass is 9.99. The van der Waals surface area contributed by atoms with E-state index in [0.29, 0.717) is 12.1 Å². The van der Waals surface area contributed by atoms with E-state index in [4.69, 9.17) is 0 Å². The fourth-order valence-corrected chi connectivity index (χ4v) is 1.99. The average Bonchev–Trinajstić information content (AvgIpc) is 2.64. The molecule has 4 heteroatoms. The summed E-state index contributed by atoms with van der Waals surface area (Å²) in [6.45, 7) is 3.46. The minimum absolute atomic E-state index is 0.596. The van der Waals surface area contributed by atoms with Crippen molar-refractivity contribution in [2.45, 2.75) is 31.8 Å². The first kappa shape index (κ1) is 9.52. The van der Waals surface area contributed by atoms with Gasteiger partial charge in [-0.1, -0.05) is 0 Å². The van der Waals surface area contributed by atoms with Crippen LogP contribution in [-0.4, -0.2) is 40.8 Å². The van der Waals surface area contributed by atoms with Crippen LogP contribution in [0.3, 0.4) is 0 Å². The zero-order valence-electron chi connectivity index (χ0n) is 8.83. The Kier molecular flexibility index (Phi) is 2.72. The van der Waals surface area contributed by atoms with E-state index < -0.39 is 0 Å². The zero-order chi connectivity index (χ0) is 9.97. The van der Waals surface area contributed by atoms with Gasteiger partial charge in [0.1, 0.15) is 0 Å². The Balaban J connectivity index is 1.88. The molecule has 1 aliphatic heterocycles. The van der Waals surface area contributed by atoms with E-state index in [-0.39, 0.29) is 0 Å².